The molecule has 1 N–H and O–H groups in total. The van der Waals surface area contributed by atoms with Gasteiger partial charge in [0.05, 0.1) is 28.9 Å². The summed E-state index contributed by atoms with van der Waals surface area (Å²) in [7, 11) is 1.51. The van der Waals surface area contributed by atoms with Gasteiger partial charge in [0.2, 0.25) is 5.91 Å². The number of hydrogen-bond donors (Lipinski definition) is 1. The molecule has 1 aromatic heterocycles. The van der Waals surface area contributed by atoms with E-state index in [2.05, 4.69) is 5.32 Å². The quantitative estimate of drug-likeness (QED) is 0.359. The molecule has 0 radical (unpaired) electrons. The number of thiophene rings is 1. The summed E-state index contributed by atoms with van der Waals surface area (Å²) in [6, 6.07) is 14.2. The smallest absolute Gasteiger partial charge is 0.322 e. The van der Waals surface area contributed by atoms with E-state index in [1.54, 1.807) is 35.2 Å². The summed E-state index contributed by atoms with van der Waals surface area (Å²) in [5.74, 6) is -0.616. The molecule has 0 saturated heterocycles. The Balaban J connectivity index is 1.77. The SMILES string of the molecule is COCCN(CC(=O)N(Cc1ccc(F)cc1)Cc1cccs1)C(=O)Nc1c(Cl)cccc1Cl. The van der Waals surface area contributed by atoms with Crippen molar-refractivity contribution < 1.29 is 18.7 Å². The van der Waals surface area contributed by atoms with Gasteiger partial charge in [0.15, 0.2) is 0 Å². The van der Waals surface area contributed by atoms with E-state index in [1.165, 1.54) is 35.5 Å². The highest BCUT2D eigenvalue weighted by atomic mass is 35.5. The van der Waals surface area contributed by atoms with Crippen LogP contribution in [0.1, 0.15) is 10.4 Å². The number of urea groups is 1. The summed E-state index contributed by atoms with van der Waals surface area (Å²) in [4.78, 5) is 30.3. The van der Waals surface area contributed by atoms with E-state index < -0.39 is 6.03 Å². The fourth-order valence-electron chi connectivity index (χ4n) is 3.15. The van der Waals surface area contributed by atoms with Gasteiger partial charge in [-0.15, -0.1) is 11.3 Å². The molecule has 0 spiro atoms. The maximum absolute atomic E-state index is 13.3. The first kappa shape index (κ1) is 26.0. The van der Waals surface area contributed by atoms with Gasteiger partial charge in [0.25, 0.3) is 0 Å². The molecular formula is C24H24Cl2FN3O3S. The second-order valence-corrected chi connectivity index (χ2v) is 9.24. The third-order valence-corrected chi connectivity index (χ3v) is 6.43. The molecule has 0 unspecified atom stereocenters. The fraction of sp³-hybridized carbons (Fsp3) is 0.250. The molecule has 0 bridgehead atoms. The molecule has 0 aliphatic rings. The van der Waals surface area contributed by atoms with E-state index >= 15 is 0 Å². The lowest BCUT2D eigenvalue weighted by atomic mass is 10.2. The molecule has 0 aliphatic heterocycles. The molecule has 3 aromatic rings. The second-order valence-electron chi connectivity index (χ2n) is 7.40. The molecule has 180 valence electrons. The summed E-state index contributed by atoms with van der Waals surface area (Å²) in [5, 5.41) is 5.20. The molecule has 3 amide bonds. The predicted octanol–water partition coefficient (Wildman–Crippen LogP) is 5.90. The standard InChI is InChI=1S/C24H24Cl2FN3O3S/c1-33-12-11-29(24(32)28-23-20(25)5-2-6-21(23)26)16-22(31)30(15-19-4-3-13-34-19)14-17-7-9-18(27)10-8-17/h2-10,13H,11-12,14-16H2,1H3,(H,28,32). The predicted molar refractivity (Wildman–Crippen MR) is 134 cm³/mol. The molecule has 0 fully saturated rings. The molecule has 3 rings (SSSR count). The molecule has 0 atom stereocenters. The van der Waals surface area contributed by atoms with Gasteiger partial charge in [-0.05, 0) is 41.3 Å². The van der Waals surface area contributed by atoms with Crippen LogP contribution in [0.25, 0.3) is 0 Å². The van der Waals surface area contributed by atoms with E-state index in [-0.39, 0.29) is 53.7 Å². The zero-order valence-corrected chi connectivity index (χ0v) is 20.8. The highest BCUT2D eigenvalue weighted by Crippen LogP contribution is 2.30. The van der Waals surface area contributed by atoms with Gasteiger partial charge in [-0.2, -0.15) is 0 Å². The van der Waals surface area contributed by atoms with Crippen molar-refractivity contribution in [2.24, 2.45) is 0 Å². The van der Waals surface area contributed by atoms with Crippen LogP contribution in [-0.2, 0) is 22.6 Å². The van der Waals surface area contributed by atoms with Crippen molar-refractivity contribution in [1.29, 1.82) is 0 Å². The highest BCUT2D eigenvalue weighted by Gasteiger charge is 2.23. The summed E-state index contributed by atoms with van der Waals surface area (Å²) < 4.78 is 18.5. The summed E-state index contributed by atoms with van der Waals surface area (Å²) in [6.45, 7) is 0.861. The van der Waals surface area contributed by atoms with Crippen molar-refractivity contribution >= 4 is 52.2 Å². The van der Waals surface area contributed by atoms with Crippen molar-refractivity contribution in [2.75, 3.05) is 32.1 Å². The number of benzene rings is 2. The minimum absolute atomic E-state index is 0.180. The van der Waals surface area contributed by atoms with Crippen LogP contribution < -0.4 is 5.32 Å². The van der Waals surface area contributed by atoms with Crippen molar-refractivity contribution in [3.05, 3.63) is 86.3 Å². The zero-order chi connectivity index (χ0) is 24.5. The monoisotopic (exact) mass is 523 g/mol. The minimum Gasteiger partial charge on any atom is -0.383 e. The van der Waals surface area contributed by atoms with Crippen LogP contribution in [0.5, 0.6) is 0 Å². The highest BCUT2D eigenvalue weighted by molar-refractivity contribution is 7.09. The van der Waals surface area contributed by atoms with E-state index in [9.17, 15) is 14.0 Å². The molecule has 0 aliphatic carbocycles. The lowest BCUT2D eigenvalue weighted by molar-refractivity contribution is -0.133. The van der Waals surface area contributed by atoms with Crippen LogP contribution in [0.15, 0.2) is 60.0 Å². The van der Waals surface area contributed by atoms with Crippen LogP contribution in [0.3, 0.4) is 0 Å². The first-order chi connectivity index (χ1) is 16.4. The average molecular weight is 524 g/mol. The third-order valence-electron chi connectivity index (χ3n) is 4.94. The lowest BCUT2D eigenvalue weighted by Crippen LogP contribution is -2.45. The van der Waals surface area contributed by atoms with Gasteiger partial charge in [0, 0.05) is 25.1 Å². The van der Waals surface area contributed by atoms with Crippen LogP contribution in [0.2, 0.25) is 10.0 Å². The molecular weight excluding hydrogens is 500 g/mol. The number of hydrogen-bond acceptors (Lipinski definition) is 4. The maximum atomic E-state index is 13.3. The summed E-state index contributed by atoms with van der Waals surface area (Å²) in [6.07, 6.45) is 0. The molecule has 6 nitrogen and oxygen atoms in total. The third kappa shape index (κ3) is 7.43. The van der Waals surface area contributed by atoms with Gasteiger partial charge in [0.1, 0.15) is 12.4 Å². The van der Waals surface area contributed by atoms with Gasteiger partial charge < -0.3 is 19.9 Å². The normalized spacial score (nSPS) is 10.7. The Morgan fingerprint density at radius 2 is 1.71 bits per heavy atom. The van der Waals surface area contributed by atoms with E-state index in [0.717, 1.165) is 10.4 Å². The molecule has 0 saturated carbocycles. The molecule has 34 heavy (non-hydrogen) atoms. The van der Waals surface area contributed by atoms with Gasteiger partial charge >= 0.3 is 6.03 Å². The molecule has 2 aromatic carbocycles. The molecule has 10 heteroatoms. The Labute approximate surface area is 211 Å². The Morgan fingerprint density at radius 1 is 1.00 bits per heavy atom. The zero-order valence-electron chi connectivity index (χ0n) is 18.5. The number of anilines is 1. The van der Waals surface area contributed by atoms with Crippen molar-refractivity contribution in [1.82, 2.24) is 9.80 Å². The second kappa shape index (κ2) is 12.7. The topological polar surface area (TPSA) is 61.9 Å². The first-order valence-corrected chi connectivity index (χ1v) is 12.0. The Hall–Kier alpha value is -2.65. The Bertz CT molecular complexity index is 1080. The first-order valence-electron chi connectivity index (χ1n) is 10.4. The number of rotatable bonds is 10. The number of carbonyl (C=O) groups is 2. The number of nitrogens with one attached hydrogen (secondary N) is 1. The molecule has 1 heterocycles. The summed E-state index contributed by atoms with van der Waals surface area (Å²) in [5.41, 5.74) is 1.05. The number of para-hydroxylation sites is 1. The Morgan fingerprint density at radius 3 is 2.32 bits per heavy atom. The van der Waals surface area contributed by atoms with Crippen molar-refractivity contribution in [3.8, 4) is 0 Å². The van der Waals surface area contributed by atoms with Crippen LogP contribution in [0.4, 0.5) is 14.9 Å². The van der Waals surface area contributed by atoms with E-state index in [0.29, 0.717) is 6.54 Å². The fourth-order valence-corrected chi connectivity index (χ4v) is 4.36. The number of halogens is 3. The van der Waals surface area contributed by atoms with Gasteiger partial charge in [-0.3, -0.25) is 4.79 Å². The number of methoxy groups -OCH3 is 1. The minimum atomic E-state index is -0.529. The lowest BCUT2D eigenvalue weighted by Gasteiger charge is -2.28. The van der Waals surface area contributed by atoms with Crippen LogP contribution in [-0.4, -0.2) is 48.5 Å². The van der Waals surface area contributed by atoms with E-state index in [1.807, 2.05) is 17.5 Å². The maximum Gasteiger partial charge on any atom is 0.322 e. The van der Waals surface area contributed by atoms with Crippen LogP contribution in [0, 0.1) is 5.82 Å². The number of ether oxygens (including phenoxy) is 1. The average Bonchev–Trinajstić information content (AvgIpc) is 3.33. The number of amides is 3. The Kier molecular flexibility index (Phi) is 9.71. The van der Waals surface area contributed by atoms with Gasteiger partial charge in [-0.25, -0.2) is 9.18 Å². The van der Waals surface area contributed by atoms with E-state index in [4.69, 9.17) is 27.9 Å². The van der Waals surface area contributed by atoms with Gasteiger partial charge in [-0.1, -0.05) is 47.5 Å². The van der Waals surface area contributed by atoms with Crippen molar-refractivity contribution in [3.63, 3.8) is 0 Å². The largest absolute Gasteiger partial charge is 0.383 e. The van der Waals surface area contributed by atoms with Crippen molar-refractivity contribution in [2.45, 2.75) is 13.1 Å². The summed E-state index contributed by atoms with van der Waals surface area (Å²) >= 11 is 13.9. The number of nitrogens with zero attached hydrogens (tertiary/aromatic N) is 2. The van der Waals surface area contributed by atoms with Crippen LogP contribution >= 0.6 is 34.5 Å². The number of carbonyl (C=O) groups excluding carboxylic acids is 2.